The van der Waals surface area contributed by atoms with E-state index in [-0.39, 0.29) is 17.5 Å². The minimum Gasteiger partial charge on any atom is -0.350 e. The smallest absolute Gasteiger partial charge is 0.251 e. The molecule has 1 aromatic heterocycles. The van der Waals surface area contributed by atoms with Crippen LogP contribution in [0.2, 0.25) is 5.02 Å². The zero-order chi connectivity index (χ0) is 19.0. The molecule has 2 fully saturated rings. The Balaban J connectivity index is 1.77. The van der Waals surface area contributed by atoms with Crippen LogP contribution in [0.5, 0.6) is 0 Å². The first-order chi connectivity index (χ1) is 13.0. The highest BCUT2D eigenvalue weighted by Crippen LogP contribution is 2.38. The molecule has 0 spiro atoms. The first kappa shape index (κ1) is 18.1. The zero-order valence-corrected chi connectivity index (χ0v) is 16.1. The third-order valence-corrected chi connectivity index (χ3v) is 5.74. The maximum Gasteiger partial charge on any atom is 0.251 e. The number of carbonyl (C=O) groups is 1. The summed E-state index contributed by atoms with van der Waals surface area (Å²) in [6.07, 6.45) is 6.36. The number of amides is 1. The van der Waals surface area contributed by atoms with Crippen molar-refractivity contribution in [3.63, 3.8) is 0 Å². The minimum atomic E-state index is -0.0382. The first-order valence-electron chi connectivity index (χ1n) is 9.58. The van der Waals surface area contributed by atoms with Gasteiger partial charge in [0, 0.05) is 34.3 Å². The minimum absolute atomic E-state index is 0.0207. The second-order valence-corrected chi connectivity index (χ2v) is 7.79. The van der Waals surface area contributed by atoms with Crippen molar-refractivity contribution in [2.45, 2.75) is 51.0 Å². The molecule has 0 bridgehead atoms. The maximum absolute atomic E-state index is 12.5. The van der Waals surface area contributed by atoms with Gasteiger partial charge in [-0.25, -0.2) is 0 Å². The van der Waals surface area contributed by atoms with E-state index in [0.717, 1.165) is 53.6 Å². The van der Waals surface area contributed by atoms with Crippen LogP contribution in [0.1, 0.15) is 60.9 Å². The molecule has 1 amide bonds. The van der Waals surface area contributed by atoms with Crippen LogP contribution in [0.4, 0.5) is 0 Å². The highest BCUT2D eigenvalue weighted by molar-refractivity contribution is 6.31. The molecule has 0 radical (unpaired) electrons. The summed E-state index contributed by atoms with van der Waals surface area (Å²) in [7, 11) is 0. The van der Waals surface area contributed by atoms with Gasteiger partial charge >= 0.3 is 0 Å². The van der Waals surface area contributed by atoms with Gasteiger partial charge in [0.1, 0.15) is 0 Å². The standard InChI is InChI=1S/C22H23ClN2O2/c1-2-13-3-6-15(11-19(13)23)18(12-16-7-10-21(26)24-16)20-9-8-17(14-4-5-14)22(27)25-20/h3,6,8-9,11-12,14,16H,2,4-5,7,10H2,1H3,(H,24,26)(H,25,27)/t16-/m1/s1. The van der Waals surface area contributed by atoms with E-state index in [0.29, 0.717) is 17.4 Å². The van der Waals surface area contributed by atoms with Gasteiger partial charge in [0.25, 0.3) is 5.56 Å². The normalized spacial score (nSPS) is 20.0. The number of carbonyl (C=O) groups excluding carboxylic acids is 1. The molecule has 1 aliphatic heterocycles. The molecule has 1 saturated carbocycles. The van der Waals surface area contributed by atoms with E-state index in [1.54, 1.807) is 0 Å². The Morgan fingerprint density at radius 1 is 1.19 bits per heavy atom. The number of aromatic amines is 1. The van der Waals surface area contributed by atoms with Crippen molar-refractivity contribution in [2.75, 3.05) is 0 Å². The second kappa shape index (κ2) is 7.35. The molecule has 27 heavy (non-hydrogen) atoms. The first-order valence-corrected chi connectivity index (χ1v) is 9.96. The lowest BCUT2D eigenvalue weighted by molar-refractivity contribution is -0.119. The molecule has 4 rings (SSSR count). The van der Waals surface area contributed by atoms with Crippen LogP contribution < -0.4 is 10.9 Å². The summed E-state index contributed by atoms with van der Waals surface area (Å²) in [5, 5.41) is 3.69. The molecule has 2 heterocycles. The predicted octanol–water partition coefficient (Wildman–Crippen LogP) is 4.18. The molecule has 2 aliphatic rings. The van der Waals surface area contributed by atoms with Crippen molar-refractivity contribution in [3.8, 4) is 0 Å². The van der Waals surface area contributed by atoms with Crippen LogP contribution in [0.3, 0.4) is 0 Å². The highest BCUT2D eigenvalue weighted by atomic mass is 35.5. The fourth-order valence-corrected chi connectivity index (χ4v) is 3.98. The molecule has 140 valence electrons. The molecule has 1 aromatic carbocycles. The van der Waals surface area contributed by atoms with E-state index in [1.807, 2.05) is 36.4 Å². The van der Waals surface area contributed by atoms with E-state index >= 15 is 0 Å². The lowest BCUT2D eigenvalue weighted by atomic mass is 9.97. The van der Waals surface area contributed by atoms with Gasteiger partial charge in [0.05, 0.1) is 0 Å². The van der Waals surface area contributed by atoms with E-state index in [2.05, 4.69) is 17.2 Å². The van der Waals surface area contributed by atoms with Gasteiger partial charge in [-0.05, 0) is 54.9 Å². The fourth-order valence-electron chi connectivity index (χ4n) is 3.66. The number of pyridine rings is 1. The Morgan fingerprint density at radius 2 is 2.00 bits per heavy atom. The Labute approximate surface area is 163 Å². The van der Waals surface area contributed by atoms with Crippen LogP contribution in [-0.4, -0.2) is 16.9 Å². The number of hydrogen-bond acceptors (Lipinski definition) is 2. The number of H-pyrrole nitrogens is 1. The Morgan fingerprint density at radius 3 is 2.59 bits per heavy atom. The average Bonchev–Trinajstić information content (AvgIpc) is 3.41. The molecule has 2 N–H and O–H groups in total. The number of rotatable bonds is 5. The van der Waals surface area contributed by atoms with Gasteiger partial charge in [-0.2, -0.15) is 0 Å². The van der Waals surface area contributed by atoms with Crippen LogP contribution in [0.25, 0.3) is 5.57 Å². The van der Waals surface area contributed by atoms with Gasteiger partial charge in [-0.3, -0.25) is 9.59 Å². The number of aryl methyl sites for hydroxylation is 1. The van der Waals surface area contributed by atoms with Crippen LogP contribution in [-0.2, 0) is 11.2 Å². The largest absolute Gasteiger partial charge is 0.350 e. The lowest BCUT2D eigenvalue weighted by Gasteiger charge is -2.14. The van der Waals surface area contributed by atoms with E-state index < -0.39 is 0 Å². The van der Waals surface area contributed by atoms with Gasteiger partial charge in [0.2, 0.25) is 5.91 Å². The van der Waals surface area contributed by atoms with E-state index in [4.69, 9.17) is 11.6 Å². The van der Waals surface area contributed by atoms with Gasteiger partial charge in [-0.15, -0.1) is 0 Å². The number of hydrogen-bond donors (Lipinski definition) is 2. The predicted molar refractivity (Wildman–Crippen MR) is 108 cm³/mol. The highest BCUT2D eigenvalue weighted by Gasteiger charge is 2.26. The third-order valence-electron chi connectivity index (χ3n) is 5.39. The zero-order valence-electron chi connectivity index (χ0n) is 15.3. The molecule has 1 atom stereocenters. The lowest BCUT2D eigenvalue weighted by Crippen LogP contribution is -2.23. The third kappa shape index (κ3) is 3.86. The molecule has 5 heteroatoms. The van der Waals surface area contributed by atoms with Crippen LogP contribution in [0.15, 0.2) is 41.2 Å². The number of aromatic nitrogens is 1. The molecule has 4 nitrogen and oxygen atoms in total. The Kier molecular flexibility index (Phi) is 4.92. The molecule has 2 aromatic rings. The van der Waals surface area contributed by atoms with E-state index in [1.165, 1.54) is 0 Å². The van der Waals surface area contributed by atoms with Crippen molar-refractivity contribution >= 4 is 23.1 Å². The topological polar surface area (TPSA) is 62.0 Å². The Hall–Kier alpha value is -2.33. The summed E-state index contributed by atoms with van der Waals surface area (Å²) in [6, 6.07) is 9.86. The molecule has 0 unspecified atom stereocenters. The SMILES string of the molecule is CCc1ccc(C(=C[C@H]2CCC(=O)N2)c2ccc(C3CC3)c(=O)[nH]2)cc1Cl. The monoisotopic (exact) mass is 382 g/mol. The fraction of sp³-hybridized carbons (Fsp3) is 0.364. The summed E-state index contributed by atoms with van der Waals surface area (Å²) in [5.74, 6) is 0.468. The molecule has 1 aliphatic carbocycles. The number of benzene rings is 1. The molecular weight excluding hydrogens is 360 g/mol. The van der Waals surface area contributed by atoms with Crippen LogP contribution >= 0.6 is 11.6 Å². The van der Waals surface area contributed by atoms with Gasteiger partial charge in [0.15, 0.2) is 0 Å². The maximum atomic E-state index is 12.5. The van der Waals surface area contributed by atoms with Crippen molar-refractivity contribution in [1.29, 1.82) is 0 Å². The van der Waals surface area contributed by atoms with Crippen molar-refractivity contribution in [2.24, 2.45) is 0 Å². The summed E-state index contributed by atoms with van der Waals surface area (Å²) in [5.41, 5.74) is 4.52. The Bertz CT molecular complexity index is 973. The number of nitrogens with one attached hydrogen (secondary N) is 2. The summed E-state index contributed by atoms with van der Waals surface area (Å²) < 4.78 is 0. The van der Waals surface area contributed by atoms with E-state index in [9.17, 15) is 9.59 Å². The second-order valence-electron chi connectivity index (χ2n) is 7.38. The van der Waals surface area contributed by atoms with Gasteiger partial charge in [-0.1, -0.05) is 42.8 Å². The average molecular weight is 383 g/mol. The molecular formula is C22H23ClN2O2. The van der Waals surface area contributed by atoms with Crippen molar-refractivity contribution < 1.29 is 4.79 Å². The van der Waals surface area contributed by atoms with Gasteiger partial charge < -0.3 is 10.3 Å². The summed E-state index contributed by atoms with van der Waals surface area (Å²) >= 11 is 6.44. The summed E-state index contributed by atoms with van der Waals surface area (Å²) in [4.78, 5) is 27.2. The van der Waals surface area contributed by atoms with Crippen LogP contribution in [0, 0.1) is 0 Å². The quantitative estimate of drug-likeness (QED) is 0.814. The van der Waals surface area contributed by atoms with Crippen molar-refractivity contribution in [1.82, 2.24) is 10.3 Å². The molecule has 1 saturated heterocycles. The van der Waals surface area contributed by atoms with Crippen molar-refractivity contribution in [3.05, 3.63) is 74.2 Å². The summed E-state index contributed by atoms with van der Waals surface area (Å²) in [6.45, 7) is 2.07. The number of halogens is 1.